The molecule has 4 aliphatic rings. The monoisotopic (exact) mass is 485 g/mol. The molecule has 0 radical (unpaired) electrons. The Bertz CT molecular complexity index is 1370. The first-order valence-electron chi connectivity index (χ1n) is 12.7. The summed E-state index contributed by atoms with van der Waals surface area (Å²) < 4.78 is 6.06. The van der Waals surface area contributed by atoms with Gasteiger partial charge < -0.3 is 14.6 Å². The summed E-state index contributed by atoms with van der Waals surface area (Å²) in [7, 11) is 0. The zero-order valence-corrected chi connectivity index (χ0v) is 19.9. The van der Waals surface area contributed by atoms with Gasteiger partial charge in [-0.05, 0) is 44.1 Å². The normalized spacial score (nSPS) is 22.2. The molecule has 1 aliphatic heterocycles. The lowest BCUT2D eigenvalue weighted by Gasteiger charge is -2.41. The van der Waals surface area contributed by atoms with Crippen LogP contribution in [0.25, 0.3) is 11.5 Å². The fourth-order valence-electron chi connectivity index (χ4n) is 5.80. The van der Waals surface area contributed by atoms with Crippen LogP contribution in [-0.4, -0.2) is 59.0 Å². The van der Waals surface area contributed by atoms with Crippen molar-refractivity contribution in [1.82, 2.24) is 40.5 Å². The smallest absolute Gasteiger partial charge is 0.250 e. The summed E-state index contributed by atoms with van der Waals surface area (Å²) in [5, 5.41) is 23.0. The van der Waals surface area contributed by atoms with Crippen LogP contribution in [0.1, 0.15) is 62.2 Å². The Balaban J connectivity index is 1.05. The summed E-state index contributed by atoms with van der Waals surface area (Å²) in [6.07, 6.45) is 15.3. The molecule has 2 N–H and O–H groups in total. The maximum Gasteiger partial charge on any atom is 0.250 e. The van der Waals surface area contributed by atoms with Crippen LogP contribution in [0, 0.1) is 0 Å². The molecule has 3 aromatic rings. The van der Waals surface area contributed by atoms with Crippen molar-refractivity contribution in [2.24, 2.45) is 0 Å². The van der Waals surface area contributed by atoms with Crippen LogP contribution in [-0.2, 0) is 23.2 Å². The molecule has 36 heavy (non-hydrogen) atoms. The molecule has 0 spiro atoms. The number of rotatable bonds is 5. The van der Waals surface area contributed by atoms with E-state index in [2.05, 4.69) is 53.0 Å². The maximum absolute atomic E-state index is 13.6. The third-order valence-corrected chi connectivity index (χ3v) is 7.98. The summed E-state index contributed by atoms with van der Waals surface area (Å²) in [6, 6.07) is 0.325. The number of hydrogen-bond donors (Lipinski definition) is 2. The Labute approximate surface area is 207 Å². The van der Waals surface area contributed by atoms with Crippen molar-refractivity contribution in [2.75, 3.05) is 11.9 Å². The standard InChI is InChI=1S/C25H27N9O2/c35-23(34-9-6-19-20(14-34)30-33-29-19)25(7-3-8-25)22-32-31-21(36-22)17-12-26-24(27-13-17)28-18-10-15-4-1-2-5-16(15)11-18/h1,4,12-13,18H,2-3,5-11,14H2,(H,26,27,28)(H,29,30,33). The Morgan fingerprint density at radius 3 is 2.78 bits per heavy atom. The van der Waals surface area contributed by atoms with Gasteiger partial charge in [-0.2, -0.15) is 15.4 Å². The van der Waals surface area contributed by atoms with Crippen LogP contribution in [0.2, 0.25) is 0 Å². The lowest BCUT2D eigenvalue weighted by atomic mass is 9.67. The second-order valence-corrected chi connectivity index (χ2v) is 10.2. The van der Waals surface area contributed by atoms with Gasteiger partial charge in [0.15, 0.2) is 0 Å². The van der Waals surface area contributed by atoms with E-state index >= 15 is 0 Å². The number of carbonyl (C=O) groups is 1. The second kappa shape index (κ2) is 8.35. The van der Waals surface area contributed by atoms with Crippen LogP contribution < -0.4 is 5.32 Å². The van der Waals surface area contributed by atoms with Crippen molar-refractivity contribution in [3.8, 4) is 11.5 Å². The second-order valence-electron chi connectivity index (χ2n) is 10.2. The van der Waals surface area contributed by atoms with Crippen LogP contribution in [0.4, 0.5) is 5.95 Å². The minimum atomic E-state index is -0.766. The van der Waals surface area contributed by atoms with Crippen molar-refractivity contribution < 1.29 is 9.21 Å². The van der Waals surface area contributed by atoms with Crippen LogP contribution >= 0.6 is 0 Å². The SMILES string of the molecule is O=C(N1CCc2n[nH]nc2C1)C1(c2nnc(-c3cnc(NC4CC5=C(CCC=C5)C4)nc3)o2)CCC1. The minimum absolute atomic E-state index is 0.0242. The molecule has 0 saturated heterocycles. The zero-order chi connectivity index (χ0) is 24.1. The number of nitrogens with one attached hydrogen (secondary N) is 2. The van der Waals surface area contributed by atoms with E-state index in [4.69, 9.17) is 4.42 Å². The maximum atomic E-state index is 13.6. The van der Waals surface area contributed by atoms with E-state index in [1.807, 2.05) is 4.90 Å². The lowest BCUT2D eigenvalue weighted by molar-refractivity contribution is -0.143. The van der Waals surface area contributed by atoms with Gasteiger partial charge in [0.25, 0.3) is 5.89 Å². The number of anilines is 1. The van der Waals surface area contributed by atoms with Crippen molar-refractivity contribution in [1.29, 1.82) is 0 Å². The van der Waals surface area contributed by atoms with Gasteiger partial charge in [0, 0.05) is 31.4 Å². The molecule has 1 amide bonds. The van der Waals surface area contributed by atoms with Crippen LogP contribution in [0.15, 0.2) is 40.1 Å². The van der Waals surface area contributed by atoms with Gasteiger partial charge in [-0.3, -0.25) is 4.79 Å². The molecule has 3 aromatic heterocycles. The van der Waals surface area contributed by atoms with Gasteiger partial charge in [0.1, 0.15) is 11.1 Å². The Kier molecular flexibility index (Phi) is 4.96. The fraction of sp³-hybridized carbons (Fsp3) is 0.480. The van der Waals surface area contributed by atoms with Gasteiger partial charge in [-0.1, -0.05) is 24.1 Å². The first kappa shape index (κ1) is 21.4. The number of aromatic nitrogens is 7. The highest BCUT2D eigenvalue weighted by Gasteiger charge is 2.52. The molecular weight excluding hydrogens is 458 g/mol. The van der Waals surface area contributed by atoms with Gasteiger partial charge >= 0.3 is 0 Å². The Hall–Kier alpha value is -3.89. The van der Waals surface area contributed by atoms with Crippen molar-refractivity contribution >= 4 is 11.9 Å². The molecule has 3 aliphatic carbocycles. The molecular formula is C25H27N9O2. The van der Waals surface area contributed by atoms with Crippen LogP contribution in [0.5, 0.6) is 0 Å². The summed E-state index contributed by atoms with van der Waals surface area (Å²) in [4.78, 5) is 24.4. The molecule has 1 atom stereocenters. The number of fused-ring (bicyclic) bond motifs is 1. The summed E-state index contributed by atoms with van der Waals surface area (Å²) in [6.45, 7) is 1.06. The number of allylic oxidation sites excluding steroid dienone is 2. The van der Waals surface area contributed by atoms with E-state index < -0.39 is 5.41 Å². The molecule has 4 heterocycles. The molecule has 7 rings (SSSR count). The van der Waals surface area contributed by atoms with Crippen molar-refractivity contribution in [3.05, 3.63) is 53.0 Å². The number of nitrogens with zero attached hydrogens (tertiary/aromatic N) is 7. The molecule has 0 bridgehead atoms. The van der Waals surface area contributed by atoms with E-state index in [0.717, 1.165) is 43.5 Å². The number of hydrogen-bond acceptors (Lipinski definition) is 9. The predicted molar refractivity (Wildman–Crippen MR) is 128 cm³/mol. The third kappa shape index (κ3) is 3.52. The zero-order valence-electron chi connectivity index (χ0n) is 19.9. The number of carbonyl (C=O) groups excluding carboxylic acids is 1. The van der Waals surface area contributed by atoms with Crippen molar-refractivity contribution in [2.45, 2.75) is 69.4 Å². The third-order valence-electron chi connectivity index (χ3n) is 7.98. The largest absolute Gasteiger partial charge is 0.419 e. The number of amides is 1. The Morgan fingerprint density at radius 2 is 1.97 bits per heavy atom. The van der Waals surface area contributed by atoms with E-state index in [0.29, 0.717) is 61.7 Å². The van der Waals surface area contributed by atoms with E-state index in [1.165, 1.54) is 5.57 Å². The average Bonchev–Trinajstić information content (AvgIpc) is 3.63. The van der Waals surface area contributed by atoms with Gasteiger partial charge in [0.05, 0.1) is 17.8 Å². The first-order chi connectivity index (χ1) is 17.7. The number of H-pyrrole nitrogens is 1. The molecule has 11 nitrogen and oxygen atoms in total. The number of aromatic amines is 1. The fourth-order valence-corrected chi connectivity index (χ4v) is 5.80. The molecule has 184 valence electrons. The first-order valence-corrected chi connectivity index (χ1v) is 12.7. The van der Waals surface area contributed by atoms with E-state index in [9.17, 15) is 4.79 Å². The lowest BCUT2D eigenvalue weighted by Crippen LogP contribution is -2.52. The Morgan fingerprint density at radius 1 is 1.11 bits per heavy atom. The highest BCUT2D eigenvalue weighted by molar-refractivity contribution is 5.88. The average molecular weight is 486 g/mol. The minimum Gasteiger partial charge on any atom is -0.419 e. The highest BCUT2D eigenvalue weighted by atomic mass is 16.4. The van der Waals surface area contributed by atoms with E-state index in [-0.39, 0.29) is 5.91 Å². The quantitative estimate of drug-likeness (QED) is 0.558. The van der Waals surface area contributed by atoms with Crippen molar-refractivity contribution in [3.63, 3.8) is 0 Å². The van der Waals surface area contributed by atoms with Gasteiger partial charge in [0.2, 0.25) is 17.7 Å². The molecule has 1 saturated carbocycles. The predicted octanol–water partition coefficient (Wildman–Crippen LogP) is 2.87. The molecule has 1 unspecified atom stereocenters. The van der Waals surface area contributed by atoms with E-state index in [1.54, 1.807) is 18.0 Å². The topological polar surface area (TPSA) is 139 Å². The summed E-state index contributed by atoms with van der Waals surface area (Å²) in [5.41, 5.74) is 4.64. The van der Waals surface area contributed by atoms with Crippen LogP contribution in [0.3, 0.4) is 0 Å². The van der Waals surface area contributed by atoms with Gasteiger partial charge in [-0.15, -0.1) is 10.2 Å². The van der Waals surface area contributed by atoms with Gasteiger partial charge in [-0.25, -0.2) is 9.97 Å². The molecule has 0 aromatic carbocycles. The summed E-state index contributed by atoms with van der Waals surface area (Å²) in [5.74, 6) is 1.32. The molecule has 1 fully saturated rings. The molecule has 11 heteroatoms. The summed E-state index contributed by atoms with van der Waals surface area (Å²) >= 11 is 0. The highest BCUT2D eigenvalue weighted by Crippen LogP contribution is 2.45.